The Morgan fingerprint density at radius 3 is 2.09 bits per heavy atom. The lowest BCUT2D eigenvalue weighted by Crippen LogP contribution is -2.27. The number of hydrogen-bond acceptors (Lipinski definition) is 2. The van der Waals surface area contributed by atoms with Gasteiger partial charge in [0.1, 0.15) is 5.82 Å². The van der Waals surface area contributed by atoms with Gasteiger partial charge >= 0.3 is 0 Å². The van der Waals surface area contributed by atoms with Gasteiger partial charge in [0.15, 0.2) is 6.29 Å². The minimum atomic E-state index is -0.457. The predicted octanol–water partition coefficient (Wildman–Crippen LogP) is 8.81. The zero-order chi connectivity index (χ0) is 23.0. The molecule has 2 aromatic rings. The maximum atomic E-state index is 15.0. The smallest absolute Gasteiger partial charge is 0.183 e. The van der Waals surface area contributed by atoms with Gasteiger partial charge in [0.05, 0.1) is 13.2 Å². The quantitative estimate of drug-likeness (QED) is 0.354. The molecule has 0 atom stereocenters. The lowest BCUT2D eigenvalue weighted by molar-refractivity contribution is -0.206. The minimum absolute atomic E-state index is 0.211. The first-order chi connectivity index (χ1) is 16.2. The first kappa shape index (κ1) is 24.4. The van der Waals surface area contributed by atoms with Crippen molar-refractivity contribution < 1.29 is 13.9 Å². The predicted molar refractivity (Wildman–Crippen MR) is 134 cm³/mol. The van der Waals surface area contributed by atoms with Crippen LogP contribution in [-0.2, 0) is 9.47 Å². The molecule has 2 fully saturated rings. The Morgan fingerprint density at radius 1 is 0.758 bits per heavy atom. The van der Waals surface area contributed by atoms with Crippen molar-refractivity contribution in [2.75, 3.05) is 13.2 Å². The first-order valence-corrected chi connectivity index (χ1v) is 13.3. The van der Waals surface area contributed by atoms with Crippen molar-refractivity contribution in [1.29, 1.82) is 0 Å². The summed E-state index contributed by atoms with van der Waals surface area (Å²) >= 11 is 0. The molecular formula is C30H41FO2. The summed E-state index contributed by atoms with van der Waals surface area (Å²) < 4.78 is 26.9. The van der Waals surface area contributed by atoms with E-state index >= 15 is 4.39 Å². The van der Waals surface area contributed by atoms with Crippen LogP contribution in [0.2, 0.25) is 0 Å². The van der Waals surface area contributed by atoms with E-state index in [2.05, 4.69) is 38.1 Å². The zero-order valence-corrected chi connectivity index (χ0v) is 20.5. The van der Waals surface area contributed by atoms with E-state index < -0.39 is 6.29 Å². The summed E-state index contributed by atoms with van der Waals surface area (Å²) in [5.41, 5.74) is 3.75. The third kappa shape index (κ3) is 6.45. The van der Waals surface area contributed by atoms with E-state index in [4.69, 9.17) is 9.47 Å². The van der Waals surface area contributed by atoms with Gasteiger partial charge in [-0.15, -0.1) is 0 Å². The Labute approximate surface area is 199 Å². The molecule has 1 saturated heterocycles. The lowest BCUT2D eigenvalue weighted by Gasteiger charge is -2.30. The van der Waals surface area contributed by atoms with Gasteiger partial charge in [0, 0.05) is 17.0 Å². The van der Waals surface area contributed by atoms with Gasteiger partial charge in [-0.2, -0.15) is 0 Å². The van der Waals surface area contributed by atoms with E-state index in [1.54, 1.807) is 6.07 Å². The van der Waals surface area contributed by atoms with Crippen molar-refractivity contribution in [3.05, 3.63) is 59.4 Å². The third-order valence-electron chi connectivity index (χ3n) is 7.68. The lowest BCUT2D eigenvalue weighted by atomic mass is 9.77. The highest BCUT2D eigenvalue weighted by Crippen LogP contribution is 2.38. The molecule has 33 heavy (non-hydrogen) atoms. The molecule has 1 heterocycles. The molecule has 0 amide bonds. The number of hydrogen-bond donors (Lipinski definition) is 0. The summed E-state index contributed by atoms with van der Waals surface area (Å²) in [7, 11) is 0. The highest BCUT2D eigenvalue weighted by atomic mass is 19.1. The standard InChI is InChI=1S/C30H41FO2/c1-3-5-6-8-23-20-32-30(33-21-23)27-17-18-28(29(31)19-27)26-15-13-25(14-16-26)24-11-9-22(7-4-2)10-12-24/h13-19,22-24,30H,3-12,20-21H2,1-2H3/t22?,23-,24?,30-. The van der Waals surface area contributed by atoms with Crippen LogP contribution in [-0.4, -0.2) is 13.2 Å². The van der Waals surface area contributed by atoms with Crippen molar-refractivity contribution in [3.8, 4) is 11.1 Å². The largest absolute Gasteiger partial charge is 0.348 e. The summed E-state index contributed by atoms with van der Waals surface area (Å²) in [5.74, 6) is 1.82. The molecule has 0 aromatic heterocycles. The summed E-state index contributed by atoms with van der Waals surface area (Å²) in [5, 5.41) is 0. The second-order valence-electron chi connectivity index (χ2n) is 10.2. The van der Waals surface area contributed by atoms with Crippen LogP contribution in [0.25, 0.3) is 11.1 Å². The number of benzene rings is 2. The Hall–Kier alpha value is -1.71. The molecule has 0 unspecified atom stereocenters. The van der Waals surface area contributed by atoms with Crippen LogP contribution in [0, 0.1) is 17.7 Å². The second-order valence-corrected chi connectivity index (χ2v) is 10.2. The van der Waals surface area contributed by atoms with Crippen molar-refractivity contribution in [1.82, 2.24) is 0 Å². The van der Waals surface area contributed by atoms with Crippen molar-refractivity contribution in [2.45, 2.75) is 90.3 Å². The van der Waals surface area contributed by atoms with Gasteiger partial charge < -0.3 is 9.47 Å². The molecular weight excluding hydrogens is 411 g/mol. The van der Waals surface area contributed by atoms with Gasteiger partial charge in [-0.1, -0.05) is 82.3 Å². The van der Waals surface area contributed by atoms with Crippen LogP contribution >= 0.6 is 0 Å². The van der Waals surface area contributed by atoms with E-state index in [0.29, 0.717) is 30.6 Å². The van der Waals surface area contributed by atoms with E-state index in [1.165, 1.54) is 63.4 Å². The minimum Gasteiger partial charge on any atom is -0.348 e. The summed E-state index contributed by atoms with van der Waals surface area (Å²) in [6, 6.07) is 14.0. The van der Waals surface area contributed by atoms with Crippen LogP contribution in [0.4, 0.5) is 4.39 Å². The first-order valence-electron chi connectivity index (χ1n) is 13.3. The van der Waals surface area contributed by atoms with Gasteiger partial charge in [0.25, 0.3) is 0 Å². The molecule has 2 nitrogen and oxygen atoms in total. The fourth-order valence-corrected chi connectivity index (χ4v) is 5.62. The van der Waals surface area contributed by atoms with Crippen molar-refractivity contribution in [2.24, 2.45) is 11.8 Å². The van der Waals surface area contributed by atoms with Gasteiger partial charge in [0.2, 0.25) is 0 Å². The summed E-state index contributed by atoms with van der Waals surface area (Å²) in [6.07, 6.45) is 12.3. The molecule has 4 rings (SSSR count). The molecule has 0 radical (unpaired) electrons. The number of unbranched alkanes of at least 4 members (excludes halogenated alkanes) is 2. The van der Waals surface area contributed by atoms with Gasteiger partial charge in [-0.05, 0) is 61.1 Å². The summed E-state index contributed by atoms with van der Waals surface area (Å²) in [6.45, 7) is 5.89. The normalized spacial score (nSPS) is 25.8. The highest BCUT2D eigenvalue weighted by molar-refractivity contribution is 5.65. The molecule has 2 aromatic carbocycles. The van der Waals surface area contributed by atoms with Crippen LogP contribution in [0.5, 0.6) is 0 Å². The number of rotatable bonds is 9. The fourth-order valence-electron chi connectivity index (χ4n) is 5.62. The van der Waals surface area contributed by atoms with Gasteiger partial charge in [-0.25, -0.2) is 4.39 Å². The second kappa shape index (κ2) is 12.1. The zero-order valence-electron chi connectivity index (χ0n) is 20.5. The van der Waals surface area contributed by atoms with E-state index in [-0.39, 0.29) is 5.82 Å². The molecule has 3 heteroatoms. The SMILES string of the molecule is CCCCC[C@H]1CO[C@H](c2ccc(-c3ccc(C4CCC(CCC)CC4)cc3)c(F)c2)OC1. The number of ether oxygens (including phenoxy) is 2. The average Bonchev–Trinajstić information content (AvgIpc) is 2.85. The Morgan fingerprint density at radius 2 is 1.45 bits per heavy atom. The fraction of sp³-hybridized carbons (Fsp3) is 0.600. The molecule has 180 valence electrons. The third-order valence-corrected chi connectivity index (χ3v) is 7.68. The number of halogens is 1. The molecule has 0 bridgehead atoms. The topological polar surface area (TPSA) is 18.5 Å². The van der Waals surface area contributed by atoms with Gasteiger partial charge in [-0.3, -0.25) is 0 Å². The molecule has 1 aliphatic heterocycles. The molecule has 1 saturated carbocycles. The molecule has 1 aliphatic carbocycles. The maximum absolute atomic E-state index is 15.0. The monoisotopic (exact) mass is 452 g/mol. The molecule has 2 aliphatic rings. The summed E-state index contributed by atoms with van der Waals surface area (Å²) in [4.78, 5) is 0. The Balaban J connectivity index is 1.34. The van der Waals surface area contributed by atoms with E-state index in [0.717, 1.165) is 23.5 Å². The average molecular weight is 453 g/mol. The Kier molecular flexibility index (Phi) is 8.97. The van der Waals surface area contributed by atoms with Crippen molar-refractivity contribution in [3.63, 3.8) is 0 Å². The molecule has 0 N–H and O–H groups in total. The van der Waals surface area contributed by atoms with Crippen LogP contribution in [0.15, 0.2) is 42.5 Å². The van der Waals surface area contributed by atoms with E-state index in [9.17, 15) is 0 Å². The molecule has 0 spiro atoms. The Bertz CT molecular complexity index is 846. The van der Waals surface area contributed by atoms with Crippen molar-refractivity contribution >= 4 is 0 Å². The van der Waals surface area contributed by atoms with Crippen LogP contribution in [0.1, 0.15) is 101 Å². The van der Waals surface area contributed by atoms with E-state index in [1.807, 2.05) is 12.1 Å². The van der Waals surface area contributed by atoms with Crippen LogP contribution < -0.4 is 0 Å². The highest BCUT2D eigenvalue weighted by Gasteiger charge is 2.25. The maximum Gasteiger partial charge on any atom is 0.183 e. The van der Waals surface area contributed by atoms with Crippen LogP contribution in [0.3, 0.4) is 0 Å².